The van der Waals surface area contributed by atoms with Crippen LogP contribution in [0.15, 0.2) is 48.8 Å². The van der Waals surface area contributed by atoms with Crippen molar-refractivity contribution in [3.8, 4) is 11.4 Å². The number of aromatic nitrogens is 2. The van der Waals surface area contributed by atoms with Gasteiger partial charge in [0.2, 0.25) is 0 Å². The quantitative estimate of drug-likeness (QED) is 0.738. The second-order valence-corrected chi connectivity index (χ2v) is 2.43. The Bertz CT molecular complexity index is 319. The van der Waals surface area contributed by atoms with E-state index in [0.717, 1.165) is 11.4 Å². The third-order valence-corrected chi connectivity index (χ3v) is 1.59. The zero-order valence-corrected chi connectivity index (χ0v) is 8.89. The van der Waals surface area contributed by atoms with Crippen LogP contribution in [0.3, 0.4) is 0 Å². The molecule has 0 aromatic carbocycles. The second kappa shape index (κ2) is 8.07. The van der Waals surface area contributed by atoms with Crippen molar-refractivity contribution in [2.24, 2.45) is 0 Å². The minimum absolute atomic E-state index is 0. The van der Waals surface area contributed by atoms with Crippen molar-refractivity contribution in [3.63, 3.8) is 0 Å². The molecular formula is C10H12CoN2O2. The van der Waals surface area contributed by atoms with Crippen LogP contribution in [-0.2, 0) is 16.8 Å². The van der Waals surface area contributed by atoms with E-state index >= 15 is 0 Å². The summed E-state index contributed by atoms with van der Waals surface area (Å²) in [6.45, 7) is 0. The molecule has 2 aromatic rings. The standard InChI is InChI=1S/C10H8N2.Co.2H2O/c1-3-7-11-9(5-1)10-6-2-4-8-12-10;;;/h1-8H;;2*1H2. The van der Waals surface area contributed by atoms with E-state index in [-0.39, 0.29) is 27.7 Å². The molecule has 0 amide bonds. The van der Waals surface area contributed by atoms with Gasteiger partial charge in [-0.1, -0.05) is 12.1 Å². The van der Waals surface area contributed by atoms with Gasteiger partial charge in [0.15, 0.2) is 0 Å². The molecule has 2 rings (SSSR count). The van der Waals surface area contributed by atoms with Crippen LogP contribution in [0.1, 0.15) is 0 Å². The van der Waals surface area contributed by atoms with Crippen molar-refractivity contribution in [1.82, 2.24) is 9.97 Å². The molecule has 1 radical (unpaired) electrons. The zero-order valence-electron chi connectivity index (χ0n) is 7.85. The largest absolute Gasteiger partial charge is 0.412 e. The summed E-state index contributed by atoms with van der Waals surface area (Å²) >= 11 is 0. The van der Waals surface area contributed by atoms with Crippen molar-refractivity contribution >= 4 is 0 Å². The summed E-state index contributed by atoms with van der Waals surface area (Å²) in [4.78, 5) is 8.37. The summed E-state index contributed by atoms with van der Waals surface area (Å²) in [5.41, 5.74) is 1.83. The molecule has 0 unspecified atom stereocenters. The number of rotatable bonds is 1. The van der Waals surface area contributed by atoms with Crippen LogP contribution in [0.2, 0.25) is 0 Å². The smallest absolute Gasteiger partial charge is 0.0886 e. The van der Waals surface area contributed by atoms with Gasteiger partial charge in [0.1, 0.15) is 0 Å². The summed E-state index contributed by atoms with van der Waals surface area (Å²) in [5.74, 6) is 0. The van der Waals surface area contributed by atoms with Gasteiger partial charge in [0.05, 0.1) is 11.4 Å². The fourth-order valence-corrected chi connectivity index (χ4v) is 1.03. The Morgan fingerprint density at radius 2 is 1.07 bits per heavy atom. The Hall–Kier alpha value is -1.27. The normalized spacial score (nSPS) is 7.73. The Labute approximate surface area is 98.2 Å². The Morgan fingerprint density at radius 1 is 0.667 bits per heavy atom. The van der Waals surface area contributed by atoms with Crippen LogP contribution in [0.5, 0.6) is 0 Å². The van der Waals surface area contributed by atoms with Gasteiger partial charge in [0, 0.05) is 29.2 Å². The molecule has 2 heterocycles. The van der Waals surface area contributed by atoms with E-state index in [1.165, 1.54) is 0 Å². The first-order chi connectivity index (χ1) is 5.97. The molecular weight excluding hydrogens is 239 g/mol. The topological polar surface area (TPSA) is 88.8 Å². The first kappa shape index (κ1) is 16.2. The first-order valence-electron chi connectivity index (χ1n) is 3.79. The van der Waals surface area contributed by atoms with Crippen LogP contribution in [0, 0.1) is 0 Å². The minimum Gasteiger partial charge on any atom is -0.412 e. The molecule has 0 spiro atoms. The molecule has 5 heteroatoms. The molecule has 2 aromatic heterocycles. The maximum absolute atomic E-state index is 4.19. The summed E-state index contributed by atoms with van der Waals surface area (Å²) in [6.07, 6.45) is 3.54. The second-order valence-electron chi connectivity index (χ2n) is 2.43. The van der Waals surface area contributed by atoms with Gasteiger partial charge < -0.3 is 11.0 Å². The average Bonchev–Trinajstić information content (AvgIpc) is 2.21. The van der Waals surface area contributed by atoms with Crippen LogP contribution in [0.4, 0.5) is 0 Å². The van der Waals surface area contributed by atoms with Crippen molar-refractivity contribution in [1.29, 1.82) is 0 Å². The summed E-state index contributed by atoms with van der Waals surface area (Å²) in [6, 6.07) is 11.6. The molecule has 0 bridgehead atoms. The van der Waals surface area contributed by atoms with Gasteiger partial charge >= 0.3 is 0 Å². The van der Waals surface area contributed by atoms with E-state index in [9.17, 15) is 0 Å². The van der Waals surface area contributed by atoms with Gasteiger partial charge in [-0.25, -0.2) is 0 Å². The summed E-state index contributed by atoms with van der Waals surface area (Å²) in [7, 11) is 0. The van der Waals surface area contributed by atoms with Crippen molar-refractivity contribution < 1.29 is 27.7 Å². The molecule has 4 nitrogen and oxygen atoms in total. The Morgan fingerprint density at radius 3 is 1.33 bits per heavy atom. The van der Waals surface area contributed by atoms with Crippen molar-refractivity contribution in [3.05, 3.63) is 48.8 Å². The number of pyridine rings is 2. The summed E-state index contributed by atoms with van der Waals surface area (Å²) < 4.78 is 0. The SMILES string of the molecule is O.O.[Co].c1ccc(-c2ccccn2)nc1. The van der Waals surface area contributed by atoms with Gasteiger partial charge in [-0.05, 0) is 24.3 Å². The van der Waals surface area contributed by atoms with E-state index in [0.29, 0.717) is 0 Å². The maximum atomic E-state index is 4.19. The zero-order chi connectivity index (χ0) is 8.23. The predicted molar refractivity (Wildman–Crippen MR) is 54.7 cm³/mol. The Kier molecular flexibility index (Phi) is 8.70. The van der Waals surface area contributed by atoms with Crippen molar-refractivity contribution in [2.45, 2.75) is 0 Å². The fraction of sp³-hybridized carbons (Fsp3) is 0. The van der Waals surface area contributed by atoms with Crippen LogP contribution in [-0.4, -0.2) is 20.9 Å². The average molecular weight is 251 g/mol. The molecule has 0 saturated heterocycles. The molecule has 0 saturated carbocycles. The van der Waals surface area contributed by atoms with E-state index in [4.69, 9.17) is 0 Å². The third-order valence-electron chi connectivity index (χ3n) is 1.59. The molecule has 0 aliphatic carbocycles. The molecule has 0 atom stereocenters. The Balaban J connectivity index is 0. The van der Waals surface area contributed by atoms with E-state index in [2.05, 4.69) is 9.97 Å². The molecule has 15 heavy (non-hydrogen) atoms. The van der Waals surface area contributed by atoms with E-state index < -0.39 is 0 Å². The third kappa shape index (κ3) is 4.18. The monoisotopic (exact) mass is 251 g/mol. The molecule has 0 aliphatic rings. The van der Waals surface area contributed by atoms with Gasteiger partial charge in [-0.3, -0.25) is 9.97 Å². The molecule has 83 valence electrons. The van der Waals surface area contributed by atoms with Crippen molar-refractivity contribution in [2.75, 3.05) is 0 Å². The minimum atomic E-state index is 0. The molecule has 0 aliphatic heterocycles. The number of hydrogen-bond acceptors (Lipinski definition) is 2. The van der Waals surface area contributed by atoms with Gasteiger partial charge in [-0.2, -0.15) is 0 Å². The summed E-state index contributed by atoms with van der Waals surface area (Å²) in [5, 5.41) is 0. The predicted octanol–water partition coefficient (Wildman–Crippen LogP) is 0.492. The number of nitrogens with zero attached hydrogens (tertiary/aromatic N) is 2. The van der Waals surface area contributed by atoms with Gasteiger partial charge in [-0.15, -0.1) is 0 Å². The van der Waals surface area contributed by atoms with E-state index in [1.54, 1.807) is 12.4 Å². The number of hydrogen-bond donors (Lipinski definition) is 0. The van der Waals surface area contributed by atoms with Crippen LogP contribution in [0.25, 0.3) is 11.4 Å². The first-order valence-corrected chi connectivity index (χ1v) is 3.79. The van der Waals surface area contributed by atoms with Crippen LogP contribution < -0.4 is 0 Å². The molecule has 4 N–H and O–H groups in total. The maximum Gasteiger partial charge on any atom is 0.0886 e. The fourth-order valence-electron chi connectivity index (χ4n) is 1.03. The molecule has 0 fully saturated rings. The van der Waals surface area contributed by atoms with Gasteiger partial charge in [0.25, 0.3) is 0 Å². The van der Waals surface area contributed by atoms with E-state index in [1.807, 2.05) is 36.4 Å². The van der Waals surface area contributed by atoms with Crippen LogP contribution >= 0.6 is 0 Å².